The van der Waals surface area contributed by atoms with Crippen LogP contribution in [0.2, 0.25) is 0 Å². The van der Waals surface area contributed by atoms with E-state index < -0.39 is 6.04 Å². The van der Waals surface area contributed by atoms with Gasteiger partial charge in [0, 0.05) is 25.9 Å². The Morgan fingerprint density at radius 2 is 0.609 bits per heavy atom. The Morgan fingerprint density at radius 1 is 0.391 bits per heavy atom. The summed E-state index contributed by atoms with van der Waals surface area (Å²) in [5.41, 5.74) is 0. The first-order valence-electron chi connectivity index (χ1n) is 20.6. The summed E-state index contributed by atoms with van der Waals surface area (Å²) in [5, 5.41) is 19.1. The zero-order valence-electron chi connectivity index (χ0n) is 31.2. The van der Waals surface area contributed by atoms with E-state index in [2.05, 4.69) is 13.8 Å². The molecule has 0 heterocycles. The fraction of sp³-hybridized carbons (Fsp3) is 0.951. The molecule has 0 spiro atoms. The van der Waals surface area contributed by atoms with Gasteiger partial charge in [-0.2, -0.15) is 0 Å². The monoisotopic (exact) mass is 652 g/mol. The molecule has 5 heteroatoms. The highest BCUT2D eigenvalue weighted by atomic mass is 16.3. The smallest absolute Gasteiger partial charge is 0.157 e. The van der Waals surface area contributed by atoms with Gasteiger partial charge in [0.25, 0.3) is 0 Å². The number of hydrogen-bond acceptors (Lipinski definition) is 5. The minimum atomic E-state index is -0.808. The number of ketones is 2. The lowest BCUT2D eigenvalue weighted by Gasteiger charge is -2.28. The number of hydrogen-bond donors (Lipinski definition) is 2. The van der Waals surface area contributed by atoms with Crippen LogP contribution in [0.5, 0.6) is 0 Å². The third-order valence-corrected chi connectivity index (χ3v) is 9.80. The summed E-state index contributed by atoms with van der Waals surface area (Å²) in [7, 11) is 0. The number of aliphatic hydroxyl groups excluding tert-OH is 2. The van der Waals surface area contributed by atoms with Crippen LogP contribution in [0.4, 0.5) is 0 Å². The van der Waals surface area contributed by atoms with E-state index in [1.165, 1.54) is 154 Å². The van der Waals surface area contributed by atoms with Crippen LogP contribution in [0.15, 0.2) is 0 Å². The number of Topliss-reactive ketones (excluding diaryl/α,β-unsaturated/α-hetero) is 2. The number of rotatable bonds is 39. The largest absolute Gasteiger partial charge is 0.395 e. The van der Waals surface area contributed by atoms with Gasteiger partial charge >= 0.3 is 0 Å². The molecule has 0 rings (SSSR count). The third kappa shape index (κ3) is 29.4. The van der Waals surface area contributed by atoms with Crippen LogP contribution in [0, 0.1) is 0 Å². The van der Waals surface area contributed by atoms with Crippen LogP contribution in [-0.2, 0) is 9.59 Å². The maximum Gasteiger partial charge on any atom is 0.157 e. The second-order valence-corrected chi connectivity index (χ2v) is 14.2. The van der Waals surface area contributed by atoms with E-state index in [1.54, 1.807) is 4.90 Å². The first-order chi connectivity index (χ1) is 22.6. The molecule has 5 nitrogen and oxygen atoms in total. The number of aliphatic hydroxyl groups is 2. The van der Waals surface area contributed by atoms with Gasteiger partial charge in [-0.3, -0.25) is 14.5 Å². The van der Waals surface area contributed by atoms with Gasteiger partial charge in [-0.1, -0.05) is 194 Å². The van der Waals surface area contributed by atoms with Crippen molar-refractivity contribution in [2.75, 3.05) is 26.3 Å². The highest BCUT2D eigenvalue weighted by Crippen LogP contribution is 2.18. The van der Waals surface area contributed by atoms with Crippen molar-refractivity contribution in [3.63, 3.8) is 0 Å². The van der Waals surface area contributed by atoms with Crippen LogP contribution < -0.4 is 0 Å². The lowest BCUT2D eigenvalue weighted by atomic mass is 9.96. The van der Waals surface area contributed by atoms with Crippen LogP contribution in [0.3, 0.4) is 0 Å². The molecule has 0 aromatic rings. The summed E-state index contributed by atoms with van der Waals surface area (Å²) in [6.07, 6.45) is 39.4. The molecule has 0 aliphatic rings. The van der Waals surface area contributed by atoms with E-state index in [4.69, 9.17) is 0 Å². The topological polar surface area (TPSA) is 77.8 Å². The third-order valence-electron chi connectivity index (χ3n) is 9.80. The van der Waals surface area contributed by atoms with E-state index in [0.29, 0.717) is 12.8 Å². The number of carbonyl (C=O) groups excluding carboxylic acids is 2. The van der Waals surface area contributed by atoms with Gasteiger partial charge < -0.3 is 10.2 Å². The Hall–Kier alpha value is -0.780. The second kappa shape index (κ2) is 37.0. The van der Waals surface area contributed by atoms with E-state index in [1.807, 2.05) is 0 Å². The fourth-order valence-electron chi connectivity index (χ4n) is 6.83. The maximum absolute atomic E-state index is 13.2. The van der Waals surface area contributed by atoms with Crippen molar-refractivity contribution < 1.29 is 19.8 Å². The molecular formula is C41H81NO4. The van der Waals surface area contributed by atoms with Crippen molar-refractivity contribution in [3.8, 4) is 0 Å². The van der Waals surface area contributed by atoms with Crippen LogP contribution in [-0.4, -0.2) is 59.0 Å². The molecule has 0 atom stereocenters. The highest BCUT2D eigenvalue weighted by Gasteiger charge is 2.31. The van der Waals surface area contributed by atoms with E-state index in [9.17, 15) is 19.8 Å². The quantitative estimate of drug-likeness (QED) is 0.0511. The Balaban J connectivity index is 4.08. The molecule has 2 N–H and O–H groups in total. The molecule has 0 saturated heterocycles. The molecule has 46 heavy (non-hydrogen) atoms. The highest BCUT2D eigenvalue weighted by molar-refractivity contribution is 6.06. The lowest BCUT2D eigenvalue weighted by molar-refractivity contribution is -0.135. The molecule has 0 unspecified atom stereocenters. The van der Waals surface area contributed by atoms with Gasteiger partial charge in [0.2, 0.25) is 0 Å². The first kappa shape index (κ1) is 45.2. The number of nitrogens with zero attached hydrogens (tertiary/aromatic N) is 1. The van der Waals surface area contributed by atoms with Gasteiger partial charge in [-0.25, -0.2) is 0 Å². The van der Waals surface area contributed by atoms with Gasteiger partial charge in [0.15, 0.2) is 11.6 Å². The molecule has 274 valence electrons. The average Bonchev–Trinajstić information content (AvgIpc) is 3.05. The first-order valence-corrected chi connectivity index (χ1v) is 20.6. The van der Waals surface area contributed by atoms with E-state index in [-0.39, 0.29) is 37.9 Å². The molecule has 0 saturated carbocycles. The minimum absolute atomic E-state index is 0.0254. The Kier molecular flexibility index (Phi) is 36.4. The molecule has 0 bridgehead atoms. The van der Waals surface area contributed by atoms with Gasteiger partial charge in [-0.05, 0) is 12.8 Å². The molecular weight excluding hydrogens is 570 g/mol. The van der Waals surface area contributed by atoms with E-state index >= 15 is 0 Å². The predicted molar refractivity (Wildman–Crippen MR) is 199 cm³/mol. The molecule has 0 fully saturated rings. The fourth-order valence-corrected chi connectivity index (χ4v) is 6.83. The zero-order valence-corrected chi connectivity index (χ0v) is 31.2. The summed E-state index contributed by atoms with van der Waals surface area (Å²) in [4.78, 5) is 28.2. The van der Waals surface area contributed by atoms with Crippen molar-refractivity contribution in [2.45, 2.75) is 225 Å². The van der Waals surface area contributed by atoms with Gasteiger partial charge in [0.1, 0.15) is 6.04 Å². The molecule has 0 aliphatic carbocycles. The van der Waals surface area contributed by atoms with Crippen molar-refractivity contribution in [1.29, 1.82) is 0 Å². The van der Waals surface area contributed by atoms with Crippen molar-refractivity contribution in [2.24, 2.45) is 0 Å². The zero-order chi connectivity index (χ0) is 33.8. The summed E-state index contributed by atoms with van der Waals surface area (Å²) in [5.74, 6) is -0.0508. The summed E-state index contributed by atoms with van der Waals surface area (Å²) >= 11 is 0. The van der Waals surface area contributed by atoms with Crippen LogP contribution in [0.25, 0.3) is 0 Å². The Bertz CT molecular complexity index is 588. The molecule has 0 amide bonds. The summed E-state index contributed by atoms with van der Waals surface area (Å²) in [6, 6.07) is -0.808. The predicted octanol–water partition coefficient (Wildman–Crippen LogP) is 11.3. The molecule has 0 radical (unpaired) electrons. The standard InChI is InChI=1S/C41H81NO4/c1-3-5-7-9-11-13-15-17-19-21-23-25-27-29-31-33-39(45)41(42(35-37-43)36-38-44)40(46)34-32-30-28-26-24-22-20-18-16-14-12-10-8-6-4-2/h41,43-44H,3-38H2,1-2H3. The van der Waals surface area contributed by atoms with Gasteiger partial charge in [0.05, 0.1) is 13.2 Å². The minimum Gasteiger partial charge on any atom is -0.395 e. The maximum atomic E-state index is 13.2. The van der Waals surface area contributed by atoms with Crippen LogP contribution >= 0.6 is 0 Å². The molecule has 0 aromatic heterocycles. The summed E-state index contributed by atoms with van der Waals surface area (Å²) < 4.78 is 0. The van der Waals surface area contributed by atoms with Crippen molar-refractivity contribution in [1.82, 2.24) is 4.90 Å². The molecule has 0 aromatic carbocycles. The van der Waals surface area contributed by atoms with E-state index in [0.717, 1.165) is 38.5 Å². The second-order valence-electron chi connectivity index (χ2n) is 14.2. The SMILES string of the molecule is CCCCCCCCCCCCCCCCCC(=O)C(C(=O)CCCCCCCCCCCCCCCCC)N(CCO)CCO. The molecule has 0 aliphatic heterocycles. The number of unbranched alkanes of at least 4 members (excludes halogenated alkanes) is 28. The normalized spacial score (nSPS) is 11.7. The van der Waals surface area contributed by atoms with Crippen molar-refractivity contribution >= 4 is 11.6 Å². The average molecular weight is 652 g/mol. The van der Waals surface area contributed by atoms with Crippen molar-refractivity contribution in [3.05, 3.63) is 0 Å². The van der Waals surface area contributed by atoms with Crippen LogP contribution in [0.1, 0.15) is 219 Å². The number of carbonyl (C=O) groups is 2. The summed E-state index contributed by atoms with van der Waals surface area (Å²) in [6.45, 7) is 4.81. The Morgan fingerprint density at radius 3 is 0.826 bits per heavy atom. The van der Waals surface area contributed by atoms with Gasteiger partial charge in [-0.15, -0.1) is 0 Å². The lowest BCUT2D eigenvalue weighted by Crippen LogP contribution is -2.49. The Labute approximate surface area is 287 Å².